The molecule has 0 aromatic carbocycles. The van der Waals surface area contributed by atoms with Crippen LogP contribution < -0.4 is 0 Å². The van der Waals surface area contributed by atoms with Crippen LogP contribution in [0.2, 0.25) is 0 Å². The van der Waals surface area contributed by atoms with Gasteiger partial charge in [-0.15, -0.1) is 4.52 Å². The highest BCUT2D eigenvalue weighted by Crippen LogP contribution is 2.37. The zero-order valence-electron chi connectivity index (χ0n) is 10.6. The lowest BCUT2D eigenvalue weighted by atomic mass is 9.81. The molecule has 17 heavy (non-hydrogen) atoms. The molecule has 0 amide bonds. The zero-order chi connectivity index (χ0) is 13.0. The predicted molar refractivity (Wildman–Crippen MR) is 64.8 cm³/mol. The largest absolute Gasteiger partial charge is 0.507 e. The fourth-order valence-corrected chi connectivity index (χ4v) is 2.66. The summed E-state index contributed by atoms with van der Waals surface area (Å²) in [5, 5.41) is 3.72. The molecule has 1 aliphatic rings. The third-order valence-corrected chi connectivity index (χ3v) is 3.89. The van der Waals surface area contributed by atoms with E-state index < -0.39 is 20.4 Å². The average Bonchev–Trinajstić information content (AvgIpc) is 2.27. The summed E-state index contributed by atoms with van der Waals surface area (Å²) < 4.78 is 22.1. The van der Waals surface area contributed by atoms with Crippen LogP contribution in [0.25, 0.3) is 10.4 Å². The lowest BCUT2D eigenvalue weighted by Crippen LogP contribution is -2.48. The van der Waals surface area contributed by atoms with Crippen molar-refractivity contribution >= 4 is 8.03 Å². The van der Waals surface area contributed by atoms with Gasteiger partial charge in [-0.05, 0) is 28.4 Å². The highest BCUT2D eigenvalue weighted by Gasteiger charge is 2.43. The van der Waals surface area contributed by atoms with Crippen molar-refractivity contribution in [2.24, 2.45) is 17.0 Å². The van der Waals surface area contributed by atoms with Crippen molar-refractivity contribution in [1.29, 1.82) is 0 Å². The summed E-state index contributed by atoms with van der Waals surface area (Å²) in [6.45, 7) is 7.58. The van der Waals surface area contributed by atoms with Crippen molar-refractivity contribution in [3.63, 3.8) is 0 Å². The molecule has 0 N–H and O–H groups in total. The van der Waals surface area contributed by atoms with E-state index in [4.69, 9.17) is 14.8 Å². The molecule has 0 aromatic rings. The second kappa shape index (κ2) is 6.31. The molecule has 0 saturated carbocycles. The third-order valence-electron chi connectivity index (χ3n) is 3.38. The molecule has 0 radical (unpaired) electrons. The van der Waals surface area contributed by atoms with Gasteiger partial charge in [-0.25, -0.2) is 0 Å². The molecular weight excluding hydrogens is 241 g/mol. The van der Waals surface area contributed by atoms with E-state index in [1.54, 1.807) is 0 Å². The van der Waals surface area contributed by atoms with E-state index in [0.717, 1.165) is 6.42 Å². The summed E-state index contributed by atoms with van der Waals surface area (Å²) in [6.07, 6.45) is 0.209. The molecule has 3 unspecified atom stereocenters. The number of azide groups is 1. The van der Waals surface area contributed by atoms with E-state index in [1.165, 1.54) is 6.66 Å². The maximum atomic E-state index is 11.2. The van der Waals surface area contributed by atoms with Crippen LogP contribution in [0.1, 0.15) is 27.2 Å². The van der Waals surface area contributed by atoms with Gasteiger partial charge >= 0.3 is 8.03 Å². The van der Waals surface area contributed by atoms with Crippen LogP contribution >= 0.6 is 8.03 Å². The number of ether oxygens (including phenoxy) is 1. The molecule has 0 spiro atoms. The Morgan fingerprint density at radius 3 is 2.59 bits per heavy atom. The summed E-state index contributed by atoms with van der Waals surface area (Å²) in [5.41, 5.74) is 8.57. The van der Waals surface area contributed by atoms with Crippen LogP contribution in [0, 0.1) is 11.8 Å². The van der Waals surface area contributed by atoms with Gasteiger partial charge in [0.1, 0.15) is 0 Å². The van der Waals surface area contributed by atoms with Gasteiger partial charge in [0.05, 0.1) is 12.1 Å². The zero-order valence-corrected chi connectivity index (χ0v) is 11.5. The minimum Gasteiger partial charge on any atom is -0.344 e. The Labute approximate surface area is 102 Å². The van der Waals surface area contributed by atoms with Crippen molar-refractivity contribution < 1.29 is 13.8 Å². The van der Waals surface area contributed by atoms with Crippen LogP contribution in [-0.2, 0) is 13.8 Å². The molecular formula is C10H19N3O3P+. The van der Waals surface area contributed by atoms with Crippen LogP contribution in [-0.4, -0.2) is 25.1 Å². The van der Waals surface area contributed by atoms with Crippen LogP contribution in [0.3, 0.4) is 0 Å². The van der Waals surface area contributed by atoms with Gasteiger partial charge < -0.3 is 4.74 Å². The molecule has 1 aliphatic heterocycles. The Morgan fingerprint density at radius 1 is 1.47 bits per heavy atom. The molecule has 1 rings (SSSR count). The van der Waals surface area contributed by atoms with E-state index in [0.29, 0.717) is 0 Å². The monoisotopic (exact) mass is 260 g/mol. The topological polar surface area (TPSA) is 84.3 Å². The van der Waals surface area contributed by atoms with Crippen molar-refractivity contribution in [2.75, 3.05) is 6.66 Å². The smallest absolute Gasteiger partial charge is 0.344 e. The van der Waals surface area contributed by atoms with Gasteiger partial charge in [-0.1, -0.05) is 25.9 Å². The minimum absolute atomic E-state index is 0.0510. The first-order valence-electron chi connectivity index (χ1n) is 5.78. The Kier molecular flexibility index (Phi) is 5.34. The first kappa shape index (κ1) is 14.4. The highest BCUT2D eigenvalue weighted by molar-refractivity contribution is 7.38. The first-order valence-corrected chi connectivity index (χ1v) is 7.41. The summed E-state index contributed by atoms with van der Waals surface area (Å²) in [4.78, 5) is 2.82. The third kappa shape index (κ3) is 3.39. The molecule has 0 bridgehead atoms. The predicted octanol–water partition coefficient (Wildman–Crippen LogP) is 3.46. The van der Waals surface area contributed by atoms with Crippen LogP contribution in [0.5, 0.6) is 0 Å². The summed E-state index contributed by atoms with van der Waals surface area (Å²) in [7, 11) is -1.78. The Hall–Kier alpha value is -0.670. The second-order valence-corrected chi connectivity index (χ2v) is 5.50. The molecule has 6 nitrogen and oxygen atoms in total. The van der Waals surface area contributed by atoms with Crippen LogP contribution in [0.4, 0.5) is 0 Å². The maximum absolute atomic E-state index is 11.2. The summed E-state index contributed by atoms with van der Waals surface area (Å²) in [5.74, 6) is 0.426. The minimum atomic E-state index is -1.78. The lowest BCUT2D eigenvalue weighted by Gasteiger charge is -2.40. The number of hydrogen-bond donors (Lipinski definition) is 0. The first-order chi connectivity index (χ1) is 8.01. The Balaban J connectivity index is 2.89. The van der Waals surface area contributed by atoms with E-state index in [1.807, 2.05) is 13.8 Å². The highest BCUT2D eigenvalue weighted by atomic mass is 31.1. The van der Waals surface area contributed by atoms with Crippen molar-refractivity contribution in [3.8, 4) is 0 Å². The molecule has 0 aliphatic carbocycles. The quantitative estimate of drug-likeness (QED) is 0.336. The molecule has 6 atom stereocenters. The Bertz CT molecular complexity index is 333. The van der Waals surface area contributed by atoms with E-state index >= 15 is 0 Å². The standard InChI is InChI=1S/C10H19N3O3P/c1-5-8-6(2)7(3)9(12-13-11)10(15-8)16-17(4)14/h6-10H,5H2,1-4H3/q+1/t6-,7-,8?,9?,10+/m0/s1. The van der Waals surface area contributed by atoms with E-state index in [2.05, 4.69) is 16.9 Å². The molecule has 96 valence electrons. The summed E-state index contributed by atoms with van der Waals surface area (Å²) in [6, 6.07) is -0.420. The Morgan fingerprint density at radius 2 is 2.12 bits per heavy atom. The molecule has 1 fully saturated rings. The second-order valence-electron chi connectivity index (χ2n) is 4.41. The number of rotatable bonds is 4. The van der Waals surface area contributed by atoms with Gasteiger partial charge in [0.15, 0.2) is 6.66 Å². The normalized spacial score (nSPS) is 38.4. The fourth-order valence-electron chi connectivity index (χ4n) is 2.19. The molecule has 7 heteroatoms. The van der Waals surface area contributed by atoms with Gasteiger partial charge in [0.25, 0.3) is 0 Å². The van der Waals surface area contributed by atoms with Crippen molar-refractivity contribution in [3.05, 3.63) is 10.4 Å². The molecule has 1 heterocycles. The molecule has 0 aromatic heterocycles. The van der Waals surface area contributed by atoms with Gasteiger partial charge in [-0.3, -0.25) is 0 Å². The van der Waals surface area contributed by atoms with Gasteiger partial charge in [-0.2, -0.15) is 0 Å². The maximum Gasteiger partial charge on any atom is 0.507 e. The lowest BCUT2D eigenvalue weighted by molar-refractivity contribution is -0.190. The van der Waals surface area contributed by atoms with E-state index in [9.17, 15) is 4.57 Å². The number of hydrogen-bond acceptors (Lipinski definition) is 4. The molecule has 1 saturated heterocycles. The van der Waals surface area contributed by atoms with Crippen LogP contribution in [0.15, 0.2) is 5.11 Å². The van der Waals surface area contributed by atoms with Crippen molar-refractivity contribution in [1.82, 2.24) is 0 Å². The van der Waals surface area contributed by atoms with Crippen molar-refractivity contribution in [2.45, 2.75) is 45.6 Å². The van der Waals surface area contributed by atoms with Gasteiger partial charge in [0.2, 0.25) is 6.29 Å². The average molecular weight is 260 g/mol. The number of nitrogens with zero attached hydrogens (tertiary/aromatic N) is 3. The fraction of sp³-hybridized carbons (Fsp3) is 1.00. The van der Waals surface area contributed by atoms with E-state index in [-0.39, 0.29) is 17.9 Å². The summed E-state index contributed by atoms with van der Waals surface area (Å²) >= 11 is 0. The SMILES string of the molecule is CCC1O[C@H](O[P+](C)=O)C(N=[N+]=[N-])[C@@H](C)[C@@H]1C. The van der Waals surface area contributed by atoms with Gasteiger partial charge in [0, 0.05) is 4.91 Å².